The molecule has 2 heterocycles. The maximum Gasteiger partial charge on any atom is 0.416 e. The standard InChI is InChI=1S/C16H16F3N5O2/c17-16(18,19)12-4-5-13(14(11-12)24(25)26)22-7-2-8-23(10-9-22)15-3-1-6-20-21-15/h1,3-6,11H,2,7-10H2. The van der Waals surface area contributed by atoms with Gasteiger partial charge in [0.1, 0.15) is 5.69 Å². The maximum absolute atomic E-state index is 12.9. The minimum Gasteiger partial charge on any atom is -0.364 e. The van der Waals surface area contributed by atoms with Gasteiger partial charge in [-0.05, 0) is 30.7 Å². The number of halogens is 3. The topological polar surface area (TPSA) is 75.4 Å². The lowest BCUT2D eigenvalue weighted by Gasteiger charge is -2.24. The van der Waals surface area contributed by atoms with Crippen LogP contribution in [0.1, 0.15) is 12.0 Å². The number of alkyl halides is 3. The first-order valence-corrected chi connectivity index (χ1v) is 7.99. The van der Waals surface area contributed by atoms with Crippen LogP contribution in [0.25, 0.3) is 0 Å². The first kappa shape index (κ1) is 17.9. The largest absolute Gasteiger partial charge is 0.416 e. The summed E-state index contributed by atoms with van der Waals surface area (Å²) in [4.78, 5) is 14.3. The number of anilines is 2. The zero-order valence-corrected chi connectivity index (χ0v) is 13.7. The minimum absolute atomic E-state index is 0.198. The number of nitro benzene ring substituents is 1. The highest BCUT2D eigenvalue weighted by molar-refractivity contribution is 5.65. The molecule has 10 heteroatoms. The van der Waals surface area contributed by atoms with Crippen LogP contribution in [0, 0.1) is 10.1 Å². The third-order valence-corrected chi connectivity index (χ3v) is 4.22. The lowest BCUT2D eigenvalue weighted by Crippen LogP contribution is -2.31. The SMILES string of the molecule is O=[N+]([O-])c1cc(C(F)(F)F)ccc1N1CCCN(c2cccnn2)CC1. The van der Waals surface area contributed by atoms with Crippen molar-refractivity contribution in [3.05, 3.63) is 52.2 Å². The molecule has 0 aliphatic carbocycles. The summed E-state index contributed by atoms with van der Waals surface area (Å²) in [7, 11) is 0. The molecule has 0 spiro atoms. The van der Waals surface area contributed by atoms with Crippen LogP contribution in [-0.2, 0) is 6.18 Å². The number of nitro groups is 1. The van der Waals surface area contributed by atoms with Crippen LogP contribution in [0.5, 0.6) is 0 Å². The van der Waals surface area contributed by atoms with E-state index in [-0.39, 0.29) is 5.69 Å². The van der Waals surface area contributed by atoms with Crippen molar-refractivity contribution in [2.24, 2.45) is 0 Å². The molecule has 3 rings (SSSR count). The molecule has 1 fully saturated rings. The second kappa shape index (κ2) is 7.14. The van der Waals surface area contributed by atoms with Crippen molar-refractivity contribution >= 4 is 17.2 Å². The first-order chi connectivity index (χ1) is 12.4. The van der Waals surface area contributed by atoms with Crippen LogP contribution in [0.4, 0.5) is 30.4 Å². The van der Waals surface area contributed by atoms with E-state index >= 15 is 0 Å². The molecule has 0 atom stereocenters. The van der Waals surface area contributed by atoms with Gasteiger partial charge in [-0.25, -0.2) is 0 Å². The Labute approximate surface area is 147 Å². The average molecular weight is 367 g/mol. The van der Waals surface area contributed by atoms with E-state index in [1.807, 2.05) is 11.0 Å². The molecule has 138 valence electrons. The van der Waals surface area contributed by atoms with Gasteiger partial charge in [-0.2, -0.15) is 18.3 Å². The first-order valence-electron chi connectivity index (χ1n) is 7.99. The monoisotopic (exact) mass is 367 g/mol. The van der Waals surface area contributed by atoms with Gasteiger partial charge < -0.3 is 9.80 Å². The van der Waals surface area contributed by atoms with E-state index in [1.165, 1.54) is 6.07 Å². The summed E-state index contributed by atoms with van der Waals surface area (Å²) >= 11 is 0. The number of rotatable bonds is 3. The van der Waals surface area contributed by atoms with Gasteiger partial charge in [-0.15, -0.1) is 5.10 Å². The lowest BCUT2D eigenvalue weighted by atomic mass is 10.1. The highest BCUT2D eigenvalue weighted by Gasteiger charge is 2.34. The molecule has 1 saturated heterocycles. The number of hydrogen-bond acceptors (Lipinski definition) is 6. The Morgan fingerprint density at radius 2 is 1.81 bits per heavy atom. The lowest BCUT2D eigenvalue weighted by molar-refractivity contribution is -0.384. The second-order valence-electron chi connectivity index (χ2n) is 5.87. The van der Waals surface area contributed by atoms with Gasteiger partial charge in [0, 0.05) is 38.4 Å². The Kier molecular flexibility index (Phi) is 4.92. The van der Waals surface area contributed by atoms with Crippen LogP contribution < -0.4 is 9.80 Å². The molecule has 1 aromatic heterocycles. The molecule has 1 aliphatic heterocycles. The minimum atomic E-state index is -4.62. The van der Waals surface area contributed by atoms with E-state index in [4.69, 9.17) is 0 Å². The van der Waals surface area contributed by atoms with E-state index in [0.29, 0.717) is 44.5 Å². The van der Waals surface area contributed by atoms with Crippen LogP contribution in [0.3, 0.4) is 0 Å². The van der Waals surface area contributed by atoms with Gasteiger partial charge >= 0.3 is 6.18 Å². The van der Waals surface area contributed by atoms with E-state index in [2.05, 4.69) is 10.2 Å². The Balaban J connectivity index is 1.84. The maximum atomic E-state index is 12.9. The van der Waals surface area contributed by atoms with Crippen molar-refractivity contribution in [3.8, 4) is 0 Å². The Hall–Kier alpha value is -2.91. The number of benzene rings is 1. The van der Waals surface area contributed by atoms with Crippen LogP contribution >= 0.6 is 0 Å². The third-order valence-electron chi connectivity index (χ3n) is 4.22. The highest BCUT2D eigenvalue weighted by Crippen LogP contribution is 2.36. The molecular weight excluding hydrogens is 351 g/mol. The second-order valence-corrected chi connectivity index (χ2v) is 5.87. The number of hydrogen-bond donors (Lipinski definition) is 0. The van der Waals surface area contributed by atoms with Gasteiger partial charge in [-0.1, -0.05) is 0 Å². The molecule has 0 saturated carbocycles. The Bertz CT molecular complexity index is 785. The van der Waals surface area contributed by atoms with Gasteiger partial charge in [-0.3, -0.25) is 10.1 Å². The molecule has 0 unspecified atom stereocenters. The van der Waals surface area contributed by atoms with Gasteiger partial charge in [0.15, 0.2) is 5.82 Å². The van der Waals surface area contributed by atoms with Gasteiger partial charge in [0.25, 0.3) is 5.69 Å². The summed E-state index contributed by atoms with van der Waals surface area (Å²) in [5, 5.41) is 19.2. The molecule has 0 bridgehead atoms. The molecule has 1 aliphatic rings. The van der Waals surface area contributed by atoms with Crippen LogP contribution in [-0.4, -0.2) is 41.3 Å². The molecule has 26 heavy (non-hydrogen) atoms. The highest BCUT2D eigenvalue weighted by atomic mass is 19.4. The normalized spacial score (nSPS) is 15.7. The molecule has 0 N–H and O–H groups in total. The van der Waals surface area contributed by atoms with Crippen molar-refractivity contribution in [2.45, 2.75) is 12.6 Å². The predicted octanol–water partition coefficient (Wildman–Crippen LogP) is 3.12. The molecule has 0 radical (unpaired) electrons. The number of aromatic nitrogens is 2. The molecule has 2 aromatic rings. The summed E-state index contributed by atoms with van der Waals surface area (Å²) in [6, 6.07) is 6.25. The van der Waals surface area contributed by atoms with E-state index in [1.54, 1.807) is 17.2 Å². The van der Waals surface area contributed by atoms with E-state index < -0.39 is 22.4 Å². The van der Waals surface area contributed by atoms with Crippen molar-refractivity contribution in [2.75, 3.05) is 36.0 Å². The van der Waals surface area contributed by atoms with E-state index in [0.717, 1.165) is 6.07 Å². The molecule has 7 nitrogen and oxygen atoms in total. The third kappa shape index (κ3) is 3.84. The molecular formula is C16H16F3N5O2. The summed E-state index contributed by atoms with van der Waals surface area (Å²) in [5.74, 6) is 0.705. The predicted molar refractivity (Wildman–Crippen MR) is 89.2 cm³/mol. The van der Waals surface area contributed by atoms with Gasteiger partial charge in [0.2, 0.25) is 0 Å². The van der Waals surface area contributed by atoms with Crippen LogP contribution in [0.15, 0.2) is 36.5 Å². The Morgan fingerprint density at radius 3 is 2.46 bits per heavy atom. The van der Waals surface area contributed by atoms with E-state index in [9.17, 15) is 23.3 Å². The van der Waals surface area contributed by atoms with Crippen molar-refractivity contribution in [3.63, 3.8) is 0 Å². The fourth-order valence-corrected chi connectivity index (χ4v) is 2.96. The zero-order chi connectivity index (χ0) is 18.7. The number of nitrogens with zero attached hydrogens (tertiary/aromatic N) is 5. The van der Waals surface area contributed by atoms with Gasteiger partial charge in [0.05, 0.1) is 10.5 Å². The molecule has 0 amide bonds. The molecule has 1 aromatic carbocycles. The van der Waals surface area contributed by atoms with Crippen molar-refractivity contribution in [1.82, 2.24) is 10.2 Å². The fraction of sp³-hybridized carbons (Fsp3) is 0.375. The van der Waals surface area contributed by atoms with Crippen molar-refractivity contribution < 1.29 is 18.1 Å². The summed E-state index contributed by atoms with van der Waals surface area (Å²) in [6.45, 7) is 2.16. The van der Waals surface area contributed by atoms with Crippen LogP contribution in [0.2, 0.25) is 0 Å². The smallest absolute Gasteiger partial charge is 0.364 e. The Morgan fingerprint density at radius 1 is 1.08 bits per heavy atom. The summed E-state index contributed by atoms with van der Waals surface area (Å²) in [6.07, 6.45) is -2.36. The average Bonchev–Trinajstić information content (AvgIpc) is 2.87. The summed E-state index contributed by atoms with van der Waals surface area (Å²) < 4.78 is 38.6. The zero-order valence-electron chi connectivity index (χ0n) is 13.7. The quantitative estimate of drug-likeness (QED) is 0.613. The summed E-state index contributed by atoms with van der Waals surface area (Å²) in [5.41, 5.74) is -1.36. The fourth-order valence-electron chi connectivity index (χ4n) is 2.96. The van der Waals surface area contributed by atoms with Crippen molar-refractivity contribution in [1.29, 1.82) is 0 Å².